The number of nitrogens with zero attached hydrogens (tertiary/aromatic N) is 3. The molecular formula is C22H21ClF6N4O4. The molecule has 8 nitrogen and oxygen atoms in total. The SMILES string of the molecule is CCOC(=O)c1cn(Cc2ccc(CCl)cc2)nc1C(F)(F)F.CCOC(=O)c1cn[nH]c1C(F)(F)F. The standard InChI is InChI=1S/C15H14ClF3N2O2.C7H7F3N2O2/c1-2-23-14(22)12-9-21(20-13(12)15(17,18)19)8-11-5-3-10(7-16)4-6-11;1-2-14-6(13)4-3-11-12-5(4)7(8,9)10/h3-6,9H,2,7-8H2,1H3;3H,2H2,1H3,(H,11,12). The number of halogens is 7. The molecule has 0 saturated heterocycles. The van der Waals surface area contributed by atoms with E-state index in [-0.39, 0.29) is 19.8 Å². The number of esters is 2. The van der Waals surface area contributed by atoms with Gasteiger partial charge in [0.2, 0.25) is 0 Å². The lowest BCUT2D eigenvalue weighted by molar-refractivity contribution is -0.142. The van der Waals surface area contributed by atoms with Crippen LogP contribution in [-0.4, -0.2) is 45.1 Å². The van der Waals surface area contributed by atoms with Crippen LogP contribution in [0, 0.1) is 0 Å². The van der Waals surface area contributed by atoms with Crippen LogP contribution in [0.4, 0.5) is 26.3 Å². The lowest BCUT2D eigenvalue weighted by atomic mass is 10.1. The normalized spacial score (nSPS) is 11.5. The van der Waals surface area contributed by atoms with Crippen molar-refractivity contribution in [3.05, 3.63) is 70.3 Å². The van der Waals surface area contributed by atoms with Gasteiger partial charge in [-0.3, -0.25) is 9.78 Å². The summed E-state index contributed by atoms with van der Waals surface area (Å²) in [4.78, 5) is 22.7. The molecule has 3 aromatic rings. The van der Waals surface area contributed by atoms with Crippen molar-refractivity contribution in [2.24, 2.45) is 0 Å². The van der Waals surface area contributed by atoms with E-state index < -0.39 is 46.8 Å². The lowest BCUT2D eigenvalue weighted by Gasteiger charge is -2.05. The second-order valence-corrected chi connectivity index (χ2v) is 7.40. The highest BCUT2D eigenvalue weighted by atomic mass is 35.5. The van der Waals surface area contributed by atoms with Gasteiger partial charge < -0.3 is 9.47 Å². The number of carbonyl (C=O) groups excluding carboxylic acids is 2. The molecule has 0 radical (unpaired) electrons. The molecule has 15 heteroatoms. The number of aromatic amines is 1. The molecule has 1 aromatic carbocycles. The summed E-state index contributed by atoms with van der Waals surface area (Å²) in [6.07, 6.45) is -7.51. The average Bonchev–Trinajstić information content (AvgIpc) is 3.48. The zero-order valence-corrected chi connectivity index (χ0v) is 20.2. The summed E-state index contributed by atoms with van der Waals surface area (Å²) < 4.78 is 85.8. The highest BCUT2D eigenvalue weighted by Crippen LogP contribution is 2.31. The Morgan fingerprint density at radius 1 is 0.919 bits per heavy atom. The molecule has 2 aromatic heterocycles. The van der Waals surface area contributed by atoms with E-state index in [9.17, 15) is 35.9 Å². The quantitative estimate of drug-likeness (QED) is 0.236. The number of hydrogen-bond donors (Lipinski definition) is 1. The Hall–Kier alpha value is -3.55. The number of benzene rings is 1. The fourth-order valence-electron chi connectivity index (χ4n) is 2.86. The van der Waals surface area contributed by atoms with Crippen molar-refractivity contribution in [2.45, 2.75) is 38.6 Å². The summed E-state index contributed by atoms with van der Waals surface area (Å²) in [5.41, 5.74) is -1.97. The van der Waals surface area contributed by atoms with Crippen LogP contribution < -0.4 is 0 Å². The van der Waals surface area contributed by atoms with Crippen LogP contribution in [0.3, 0.4) is 0 Å². The van der Waals surface area contributed by atoms with Crippen LogP contribution in [0.5, 0.6) is 0 Å². The minimum Gasteiger partial charge on any atom is -0.462 e. The largest absolute Gasteiger partial charge is 0.462 e. The summed E-state index contributed by atoms with van der Waals surface area (Å²) >= 11 is 5.68. The van der Waals surface area contributed by atoms with Gasteiger partial charge in [0, 0.05) is 12.1 Å². The highest BCUT2D eigenvalue weighted by molar-refractivity contribution is 6.17. The maximum Gasteiger partial charge on any atom is 0.436 e. The Morgan fingerprint density at radius 2 is 1.46 bits per heavy atom. The van der Waals surface area contributed by atoms with Crippen LogP contribution >= 0.6 is 11.6 Å². The van der Waals surface area contributed by atoms with E-state index in [0.717, 1.165) is 28.2 Å². The molecule has 1 N–H and O–H groups in total. The molecule has 0 saturated carbocycles. The van der Waals surface area contributed by atoms with Crippen LogP contribution in [-0.2, 0) is 34.3 Å². The molecular weight excluding hydrogens is 534 g/mol. The monoisotopic (exact) mass is 554 g/mol. The zero-order valence-electron chi connectivity index (χ0n) is 19.4. The van der Waals surface area contributed by atoms with E-state index >= 15 is 0 Å². The summed E-state index contributed by atoms with van der Waals surface area (Å²) in [7, 11) is 0. The zero-order chi connectivity index (χ0) is 27.8. The van der Waals surface area contributed by atoms with Crippen LogP contribution in [0.1, 0.15) is 57.1 Å². The second kappa shape index (κ2) is 12.6. The van der Waals surface area contributed by atoms with Crippen LogP contribution in [0.2, 0.25) is 0 Å². The summed E-state index contributed by atoms with van der Waals surface area (Å²) in [6.45, 7) is 3.13. The Morgan fingerprint density at radius 3 is 1.95 bits per heavy atom. The summed E-state index contributed by atoms with van der Waals surface area (Å²) in [6, 6.07) is 7.05. The molecule has 0 aliphatic heterocycles. The molecule has 0 aliphatic carbocycles. The van der Waals surface area contributed by atoms with E-state index in [0.29, 0.717) is 5.88 Å². The molecule has 0 amide bonds. The molecule has 0 unspecified atom stereocenters. The Bertz CT molecular complexity index is 1190. The molecule has 0 bridgehead atoms. The first kappa shape index (κ1) is 29.7. The van der Waals surface area contributed by atoms with Crippen molar-refractivity contribution in [3.8, 4) is 0 Å². The highest BCUT2D eigenvalue weighted by Gasteiger charge is 2.40. The predicted octanol–water partition coefficient (Wildman–Crippen LogP) is 5.47. The van der Waals surface area contributed by atoms with Gasteiger partial charge >= 0.3 is 24.3 Å². The van der Waals surface area contributed by atoms with Crippen LogP contribution in [0.15, 0.2) is 36.7 Å². The van der Waals surface area contributed by atoms with Gasteiger partial charge in [-0.15, -0.1) is 11.6 Å². The molecule has 0 aliphatic rings. The van der Waals surface area contributed by atoms with Gasteiger partial charge in [-0.05, 0) is 25.0 Å². The number of ether oxygens (including phenoxy) is 2. The van der Waals surface area contributed by atoms with Gasteiger partial charge in [-0.2, -0.15) is 36.5 Å². The first-order chi connectivity index (χ1) is 17.3. The molecule has 2 heterocycles. The van der Waals surface area contributed by atoms with Gasteiger partial charge in [0.25, 0.3) is 0 Å². The maximum atomic E-state index is 13.0. The van der Waals surface area contributed by atoms with Gasteiger partial charge in [-0.1, -0.05) is 24.3 Å². The number of H-pyrrole nitrogens is 1. The summed E-state index contributed by atoms with van der Waals surface area (Å²) in [5.74, 6) is -1.72. The lowest BCUT2D eigenvalue weighted by Crippen LogP contribution is -2.14. The number of carbonyl (C=O) groups is 2. The van der Waals surface area contributed by atoms with E-state index in [2.05, 4.69) is 19.7 Å². The van der Waals surface area contributed by atoms with Crippen molar-refractivity contribution >= 4 is 23.5 Å². The first-order valence-electron chi connectivity index (χ1n) is 10.5. The van der Waals surface area contributed by atoms with E-state index in [1.54, 1.807) is 29.4 Å². The first-order valence-corrected chi connectivity index (χ1v) is 11.1. The topological polar surface area (TPSA) is 99.1 Å². The Balaban J connectivity index is 0.000000294. The third-order valence-electron chi connectivity index (χ3n) is 4.47. The maximum absolute atomic E-state index is 13.0. The fraction of sp³-hybridized carbons (Fsp3) is 0.364. The number of nitrogens with one attached hydrogen (secondary N) is 1. The second-order valence-electron chi connectivity index (χ2n) is 7.13. The minimum absolute atomic E-state index is 0.0127. The molecule has 3 rings (SSSR count). The summed E-state index contributed by atoms with van der Waals surface area (Å²) in [5, 5.41) is 8.34. The molecule has 37 heavy (non-hydrogen) atoms. The van der Waals surface area contributed by atoms with Crippen LogP contribution in [0.25, 0.3) is 0 Å². The number of alkyl halides is 7. The third kappa shape index (κ3) is 8.23. The molecule has 0 spiro atoms. The number of rotatable bonds is 7. The van der Waals surface area contributed by atoms with Gasteiger partial charge in [0.05, 0.1) is 26.0 Å². The van der Waals surface area contributed by atoms with Gasteiger partial charge in [0.1, 0.15) is 11.1 Å². The van der Waals surface area contributed by atoms with Crippen molar-refractivity contribution in [3.63, 3.8) is 0 Å². The molecule has 0 fully saturated rings. The van der Waals surface area contributed by atoms with E-state index in [1.165, 1.54) is 13.8 Å². The van der Waals surface area contributed by atoms with Crippen molar-refractivity contribution in [2.75, 3.05) is 13.2 Å². The number of hydrogen-bond acceptors (Lipinski definition) is 6. The molecule has 0 atom stereocenters. The Labute approximate surface area is 211 Å². The van der Waals surface area contributed by atoms with E-state index in [1.807, 2.05) is 0 Å². The van der Waals surface area contributed by atoms with E-state index in [4.69, 9.17) is 11.6 Å². The van der Waals surface area contributed by atoms with Crippen molar-refractivity contribution in [1.82, 2.24) is 20.0 Å². The smallest absolute Gasteiger partial charge is 0.436 e. The van der Waals surface area contributed by atoms with Gasteiger partial charge in [-0.25, -0.2) is 9.59 Å². The van der Waals surface area contributed by atoms with Gasteiger partial charge in [0.15, 0.2) is 11.4 Å². The Kier molecular flexibility index (Phi) is 10.1. The number of aromatic nitrogens is 4. The van der Waals surface area contributed by atoms with Crippen molar-refractivity contribution in [1.29, 1.82) is 0 Å². The average molecular weight is 555 g/mol. The minimum atomic E-state index is -4.73. The van der Waals surface area contributed by atoms with Crippen molar-refractivity contribution < 1.29 is 45.4 Å². The fourth-order valence-corrected chi connectivity index (χ4v) is 3.03. The predicted molar refractivity (Wildman–Crippen MR) is 118 cm³/mol. The third-order valence-corrected chi connectivity index (χ3v) is 4.77. The molecule has 202 valence electrons.